The molecule has 3 rings (SSSR count). The van der Waals surface area contributed by atoms with Crippen LogP contribution in [0, 0.1) is 0 Å². The van der Waals surface area contributed by atoms with Gasteiger partial charge in [-0.25, -0.2) is 4.99 Å². The van der Waals surface area contributed by atoms with E-state index in [1.807, 2.05) is 37.5 Å². The zero-order valence-electron chi connectivity index (χ0n) is 16.1. The predicted octanol–water partition coefficient (Wildman–Crippen LogP) is 4.21. The van der Waals surface area contributed by atoms with Crippen molar-refractivity contribution in [2.75, 3.05) is 0 Å². The van der Waals surface area contributed by atoms with E-state index in [1.54, 1.807) is 10.9 Å². The second-order valence-electron chi connectivity index (χ2n) is 6.35. The van der Waals surface area contributed by atoms with Gasteiger partial charge in [0.05, 0.1) is 12.7 Å². The summed E-state index contributed by atoms with van der Waals surface area (Å²) in [6.45, 7) is 0.725. The molecule has 0 radical (unpaired) electrons. The summed E-state index contributed by atoms with van der Waals surface area (Å²) >= 11 is 0. The van der Waals surface area contributed by atoms with Gasteiger partial charge in [-0.15, -0.1) is 37.1 Å². The maximum atomic E-state index is 12.2. The molecule has 0 bridgehead atoms. The molecule has 0 aliphatic heterocycles. The van der Waals surface area contributed by atoms with Crippen molar-refractivity contribution in [1.29, 1.82) is 0 Å². The number of aromatic nitrogens is 2. The van der Waals surface area contributed by atoms with Crippen molar-refractivity contribution in [2.24, 2.45) is 17.8 Å². The first kappa shape index (κ1) is 23.5. The van der Waals surface area contributed by atoms with Gasteiger partial charge in [0.2, 0.25) is 0 Å². The van der Waals surface area contributed by atoms with Gasteiger partial charge in [0.25, 0.3) is 0 Å². The van der Waals surface area contributed by atoms with Crippen LogP contribution in [0.2, 0.25) is 0 Å². The molecule has 2 aromatic carbocycles. The first-order chi connectivity index (χ1) is 13.8. The summed E-state index contributed by atoms with van der Waals surface area (Å²) in [5.41, 5.74) is 9.68. The van der Waals surface area contributed by atoms with Crippen LogP contribution in [0.25, 0.3) is 11.1 Å². The molecular formula is C20H21F3IN5O. The highest BCUT2D eigenvalue weighted by Crippen LogP contribution is 2.23. The van der Waals surface area contributed by atoms with Gasteiger partial charge in [0.1, 0.15) is 5.75 Å². The van der Waals surface area contributed by atoms with E-state index in [-0.39, 0.29) is 35.7 Å². The molecule has 10 heteroatoms. The Bertz CT molecular complexity index is 987. The molecule has 0 atom stereocenters. The van der Waals surface area contributed by atoms with E-state index in [0.717, 1.165) is 22.3 Å². The number of alkyl halides is 3. The number of nitrogens with two attached hydrogens (primary N) is 1. The summed E-state index contributed by atoms with van der Waals surface area (Å²) in [6, 6.07) is 13.5. The van der Waals surface area contributed by atoms with Crippen LogP contribution in [0.15, 0.2) is 65.9 Å². The Morgan fingerprint density at radius 2 is 1.87 bits per heavy atom. The van der Waals surface area contributed by atoms with Crippen LogP contribution in [-0.4, -0.2) is 22.1 Å². The van der Waals surface area contributed by atoms with E-state index in [9.17, 15) is 13.2 Å². The Balaban J connectivity index is 0.00000320. The molecule has 0 saturated carbocycles. The van der Waals surface area contributed by atoms with Crippen molar-refractivity contribution in [1.82, 2.24) is 15.1 Å². The van der Waals surface area contributed by atoms with Crippen molar-refractivity contribution in [2.45, 2.75) is 19.5 Å². The molecule has 30 heavy (non-hydrogen) atoms. The third-order valence-corrected chi connectivity index (χ3v) is 4.03. The highest BCUT2D eigenvalue weighted by molar-refractivity contribution is 14.0. The van der Waals surface area contributed by atoms with Crippen LogP contribution >= 0.6 is 24.0 Å². The van der Waals surface area contributed by atoms with E-state index < -0.39 is 6.36 Å². The molecule has 6 nitrogen and oxygen atoms in total. The molecule has 160 valence electrons. The number of hydrogen-bond donors (Lipinski definition) is 2. The summed E-state index contributed by atoms with van der Waals surface area (Å²) in [5, 5.41) is 7.11. The molecule has 1 heterocycles. The zero-order chi connectivity index (χ0) is 20.9. The van der Waals surface area contributed by atoms with Crippen molar-refractivity contribution >= 4 is 29.9 Å². The quantitative estimate of drug-likeness (QED) is 0.284. The molecule has 3 aromatic rings. The van der Waals surface area contributed by atoms with E-state index in [4.69, 9.17) is 5.73 Å². The first-order valence-corrected chi connectivity index (χ1v) is 8.75. The summed E-state index contributed by atoms with van der Waals surface area (Å²) in [6.07, 6.45) is -0.974. The topological polar surface area (TPSA) is 77.5 Å². The number of halogens is 4. The minimum Gasteiger partial charge on any atom is -0.406 e. The van der Waals surface area contributed by atoms with E-state index in [1.165, 1.54) is 24.3 Å². The van der Waals surface area contributed by atoms with Crippen molar-refractivity contribution in [3.8, 4) is 16.9 Å². The van der Waals surface area contributed by atoms with Crippen molar-refractivity contribution in [3.05, 3.63) is 72.1 Å². The number of nitrogens with one attached hydrogen (secondary N) is 1. The van der Waals surface area contributed by atoms with Gasteiger partial charge >= 0.3 is 6.36 Å². The third-order valence-electron chi connectivity index (χ3n) is 4.03. The van der Waals surface area contributed by atoms with Crippen molar-refractivity contribution in [3.63, 3.8) is 0 Å². The number of ether oxygens (including phenoxy) is 1. The van der Waals surface area contributed by atoms with Crippen LogP contribution < -0.4 is 15.8 Å². The zero-order valence-corrected chi connectivity index (χ0v) is 18.4. The first-order valence-electron chi connectivity index (χ1n) is 8.75. The largest absolute Gasteiger partial charge is 0.573 e. The maximum Gasteiger partial charge on any atom is 0.573 e. The van der Waals surface area contributed by atoms with Gasteiger partial charge in [-0.05, 0) is 34.9 Å². The molecular weight excluding hydrogens is 510 g/mol. The molecule has 3 N–H and O–H groups in total. The lowest BCUT2D eigenvalue weighted by Gasteiger charge is -2.10. The number of hydrogen-bond acceptors (Lipinski definition) is 3. The lowest BCUT2D eigenvalue weighted by Crippen LogP contribution is -2.31. The highest BCUT2D eigenvalue weighted by atomic mass is 127. The molecule has 0 aliphatic rings. The molecule has 1 aromatic heterocycles. The Morgan fingerprint density at radius 3 is 2.50 bits per heavy atom. The fourth-order valence-electron chi connectivity index (χ4n) is 2.65. The van der Waals surface area contributed by atoms with Gasteiger partial charge in [-0.3, -0.25) is 4.68 Å². The van der Waals surface area contributed by atoms with E-state index in [0.29, 0.717) is 13.1 Å². The second-order valence-corrected chi connectivity index (χ2v) is 6.35. The smallest absolute Gasteiger partial charge is 0.406 e. The Hall–Kier alpha value is -2.76. The molecule has 0 spiro atoms. The fourth-order valence-corrected chi connectivity index (χ4v) is 2.65. The maximum absolute atomic E-state index is 12.2. The van der Waals surface area contributed by atoms with Crippen LogP contribution in [0.4, 0.5) is 13.2 Å². The van der Waals surface area contributed by atoms with Gasteiger partial charge in [-0.2, -0.15) is 5.10 Å². The number of aryl methyl sites for hydroxylation is 1. The van der Waals surface area contributed by atoms with Crippen LogP contribution in [0.5, 0.6) is 5.75 Å². The average molecular weight is 531 g/mol. The van der Waals surface area contributed by atoms with Gasteiger partial charge in [0, 0.05) is 25.4 Å². The molecule has 0 aliphatic carbocycles. The summed E-state index contributed by atoms with van der Waals surface area (Å²) in [4.78, 5) is 4.30. The molecule has 0 unspecified atom stereocenters. The number of guanidine groups is 1. The number of benzene rings is 2. The number of aliphatic imine (C=N–C) groups is 1. The minimum absolute atomic E-state index is 0. The SMILES string of the molecule is Cn1cc(-c2cccc(CN=C(N)NCc3ccc(OC(F)(F)F)cc3)c2)cn1.I. The molecule has 0 saturated heterocycles. The molecule has 0 amide bonds. The Labute approximate surface area is 189 Å². The summed E-state index contributed by atoms with van der Waals surface area (Å²) < 4.78 is 42.1. The second kappa shape index (κ2) is 10.3. The lowest BCUT2D eigenvalue weighted by molar-refractivity contribution is -0.274. The van der Waals surface area contributed by atoms with E-state index >= 15 is 0 Å². The van der Waals surface area contributed by atoms with Gasteiger partial charge in [-0.1, -0.05) is 30.3 Å². The normalized spacial score (nSPS) is 11.7. The third kappa shape index (κ3) is 7.25. The van der Waals surface area contributed by atoms with Gasteiger partial charge < -0.3 is 15.8 Å². The Morgan fingerprint density at radius 1 is 1.13 bits per heavy atom. The Kier molecular flexibility index (Phi) is 8.09. The summed E-state index contributed by atoms with van der Waals surface area (Å²) in [5.74, 6) is -0.0243. The lowest BCUT2D eigenvalue weighted by atomic mass is 10.1. The fraction of sp³-hybridized carbons (Fsp3) is 0.200. The standard InChI is InChI=1S/C20H20F3N5O.HI/c1-28-13-17(12-27-28)16-4-2-3-15(9-16)11-26-19(24)25-10-14-5-7-18(8-6-14)29-20(21,22)23;/h2-9,12-13H,10-11H2,1H3,(H3,24,25,26);1H. The number of rotatable bonds is 6. The average Bonchev–Trinajstić information content (AvgIpc) is 3.11. The minimum atomic E-state index is -4.70. The summed E-state index contributed by atoms with van der Waals surface area (Å²) in [7, 11) is 1.86. The van der Waals surface area contributed by atoms with Gasteiger partial charge in [0.15, 0.2) is 5.96 Å². The van der Waals surface area contributed by atoms with Crippen LogP contribution in [0.3, 0.4) is 0 Å². The van der Waals surface area contributed by atoms with Crippen LogP contribution in [0.1, 0.15) is 11.1 Å². The highest BCUT2D eigenvalue weighted by Gasteiger charge is 2.30. The van der Waals surface area contributed by atoms with Crippen LogP contribution in [-0.2, 0) is 20.1 Å². The van der Waals surface area contributed by atoms with E-state index in [2.05, 4.69) is 20.1 Å². The number of nitrogens with zero attached hydrogens (tertiary/aromatic N) is 3. The monoisotopic (exact) mass is 531 g/mol. The van der Waals surface area contributed by atoms with Crippen molar-refractivity contribution < 1.29 is 17.9 Å². The molecule has 0 fully saturated rings. The predicted molar refractivity (Wildman–Crippen MR) is 119 cm³/mol.